The third-order valence-electron chi connectivity index (χ3n) is 2.83. The van der Waals surface area contributed by atoms with Crippen LogP contribution in [0.15, 0.2) is 0 Å². The average molecular weight is 200 g/mol. The fourth-order valence-electron chi connectivity index (χ4n) is 1.84. The van der Waals surface area contributed by atoms with Gasteiger partial charge in [-0.25, -0.2) is 0 Å². The zero-order chi connectivity index (χ0) is 10.4. The molecule has 1 N–H and O–H groups in total. The Bertz CT molecular complexity index is 144. The second-order valence-electron chi connectivity index (χ2n) is 4.32. The van der Waals surface area contributed by atoms with E-state index in [0.29, 0.717) is 12.0 Å². The quantitative estimate of drug-likeness (QED) is 0.715. The molecule has 1 rings (SSSR count). The van der Waals surface area contributed by atoms with Crippen LogP contribution in [0.5, 0.6) is 0 Å². The van der Waals surface area contributed by atoms with Crippen LogP contribution in [0.2, 0.25) is 0 Å². The molecule has 1 heterocycles. The smallest absolute Gasteiger partial charge is 0.0594 e. The Labute approximate surface area is 87.8 Å². The summed E-state index contributed by atoms with van der Waals surface area (Å²) in [5.74, 6) is 0.706. The third-order valence-corrected chi connectivity index (χ3v) is 2.83. The molecule has 0 aromatic heterocycles. The first-order chi connectivity index (χ1) is 6.74. The molecule has 14 heavy (non-hydrogen) atoms. The Balaban J connectivity index is 2.29. The van der Waals surface area contributed by atoms with Crippen LogP contribution in [0.3, 0.4) is 0 Å². The standard InChI is InChI=1S/C11H24N2O/c1-4-12-11(10(2)3)9-13-5-7-14-8-6-13/h10-12H,4-9H2,1-3H3. The third kappa shape index (κ3) is 3.95. The molecule has 1 fully saturated rings. The predicted octanol–water partition coefficient (Wildman–Crippen LogP) is 0.953. The van der Waals surface area contributed by atoms with Gasteiger partial charge in [0.25, 0.3) is 0 Å². The van der Waals surface area contributed by atoms with Crippen LogP contribution in [-0.2, 0) is 4.74 Å². The van der Waals surface area contributed by atoms with Crippen LogP contribution in [-0.4, -0.2) is 50.3 Å². The molecular formula is C11H24N2O. The molecular weight excluding hydrogens is 176 g/mol. The summed E-state index contributed by atoms with van der Waals surface area (Å²) in [7, 11) is 0. The normalized spacial score (nSPS) is 21.4. The first kappa shape index (κ1) is 12.0. The number of ether oxygens (including phenoxy) is 1. The monoisotopic (exact) mass is 200 g/mol. The maximum atomic E-state index is 5.34. The van der Waals surface area contributed by atoms with Gasteiger partial charge >= 0.3 is 0 Å². The fraction of sp³-hybridized carbons (Fsp3) is 1.00. The lowest BCUT2D eigenvalue weighted by Crippen LogP contribution is -2.47. The van der Waals surface area contributed by atoms with Crippen LogP contribution < -0.4 is 5.32 Å². The largest absolute Gasteiger partial charge is 0.379 e. The van der Waals surface area contributed by atoms with Gasteiger partial charge in [0.2, 0.25) is 0 Å². The zero-order valence-electron chi connectivity index (χ0n) is 9.75. The van der Waals surface area contributed by atoms with Gasteiger partial charge in [-0.05, 0) is 12.5 Å². The highest BCUT2D eigenvalue weighted by Crippen LogP contribution is 2.06. The molecule has 1 aliphatic rings. The van der Waals surface area contributed by atoms with Crippen molar-refractivity contribution in [1.82, 2.24) is 10.2 Å². The molecule has 0 bridgehead atoms. The number of nitrogens with one attached hydrogen (secondary N) is 1. The molecule has 84 valence electrons. The van der Waals surface area contributed by atoms with Crippen molar-refractivity contribution >= 4 is 0 Å². The lowest BCUT2D eigenvalue weighted by atomic mass is 10.0. The van der Waals surface area contributed by atoms with Crippen LogP contribution in [0, 0.1) is 5.92 Å². The summed E-state index contributed by atoms with van der Waals surface area (Å²) in [6.07, 6.45) is 0. The lowest BCUT2D eigenvalue weighted by Gasteiger charge is -2.32. The molecule has 0 aliphatic carbocycles. The van der Waals surface area contributed by atoms with Crippen LogP contribution in [0.4, 0.5) is 0 Å². The zero-order valence-corrected chi connectivity index (χ0v) is 9.75. The van der Waals surface area contributed by atoms with Crippen molar-refractivity contribution in [1.29, 1.82) is 0 Å². The predicted molar refractivity (Wildman–Crippen MR) is 59.6 cm³/mol. The molecule has 0 amide bonds. The van der Waals surface area contributed by atoms with Gasteiger partial charge in [-0.2, -0.15) is 0 Å². The molecule has 1 atom stereocenters. The average Bonchev–Trinajstić information content (AvgIpc) is 2.18. The van der Waals surface area contributed by atoms with E-state index in [1.54, 1.807) is 0 Å². The molecule has 3 heteroatoms. The van der Waals surface area contributed by atoms with Gasteiger partial charge in [0.15, 0.2) is 0 Å². The van der Waals surface area contributed by atoms with Crippen LogP contribution >= 0.6 is 0 Å². The van der Waals surface area contributed by atoms with Gasteiger partial charge in [-0.15, -0.1) is 0 Å². The number of hydrogen-bond acceptors (Lipinski definition) is 3. The van der Waals surface area contributed by atoms with E-state index in [4.69, 9.17) is 4.74 Å². The first-order valence-corrected chi connectivity index (χ1v) is 5.77. The van der Waals surface area contributed by atoms with E-state index in [1.165, 1.54) is 0 Å². The minimum absolute atomic E-state index is 0.623. The fourth-order valence-corrected chi connectivity index (χ4v) is 1.84. The second kappa shape index (κ2) is 6.38. The number of likely N-dealkylation sites (N-methyl/N-ethyl adjacent to an activating group) is 1. The topological polar surface area (TPSA) is 24.5 Å². The Hall–Kier alpha value is -0.120. The van der Waals surface area contributed by atoms with E-state index < -0.39 is 0 Å². The maximum absolute atomic E-state index is 5.34. The molecule has 0 aromatic carbocycles. The maximum Gasteiger partial charge on any atom is 0.0594 e. The highest BCUT2D eigenvalue weighted by atomic mass is 16.5. The second-order valence-corrected chi connectivity index (χ2v) is 4.32. The van der Waals surface area contributed by atoms with Crippen molar-refractivity contribution in [2.45, 2.75) is 26.8 Å². The van der Waals surface area contributed by atoms with E-state index in [-0.39, 0.29) is 0 Å². The number of hydrogen-bond donors (Lipinski definition) is 1. The Kier molecular flexibility index (Phi) is 5.45. The number of nitrogens with zero attached hydrogens (tertiary/aromatic N) is 1. The summed E-state index contributed by atoms with van der Waals surface area (Å²) in [6.45, 7) is 13.0. The van der Waals surface area contributed by atoms with Crippen molar-refractivity contribution in [3.05, 3.63) is 0 Å². The van der Waals surface area contributed by atoms with Gasteiger partial charge in [-0.1, -0.05) is 20.8 Å². The SMILES string of the molecule is CCNC(CN1CCOCC1)C(C)C. The summed E-state index contributed by atoms with van der Waals surface area (Å²) in [5, 5.41) is 3.55. The number of rotatable bonds is 5. The minimum atomic E-state index is 0.623. The summed E-state index contributed by atoms with van der Waals surface area (Å²) < 4.78 is 5.34. The molecule has 0 radical (unpaired) electrons. The van der Waals surface area contributed by atoms with Crippen molar-refractivity contribution in [3.8, 4) is 0 Å². The summed E-state index contributed by atoms with van der Waals surface area (Å²) in [5.41, 5.74) is 0. The molecule has 0 aromatic rings. The highest BCUT2D eigenvalue weighted by Gasteiger charge is 2.18. The van der Waals surface area contributed by atoms with Gasteiger partial charge in [-0.3, -0.25) is 4.90 Å². The number of morpholine rings is 1. The molecule has 0 saturated carbocycles. The molecule has 1 unspecified atom stereocenters. The molecule has 0 spiro atoms. The lowest BCUT2D eigenvalue weighted by molar-refractivity contribution is 0.0311. The van der Waals surface area contributed by atoms with Gasteiger partial charge < -0.3 is 10.1 Å². The Morgan fingerprint density at radius 2 is 1.93 bits per heavy atom. The van der Waals surface area contributed by atoms with E-state index in [2.05, 4.69) is 31.0 Å². The van der Waals surface area contributed by atoms with Gasteiger partial charge in [0, 0.05) is 25.7 Å². The molecule has 1 aliphatic heterocycles. The van der Waals surface area contributed by atoms with E-state index in [1.807, 2.05) is 0 Å². The van der Waals surface area contributed by atoms with Crippen molar-refractivity contribution < 1.29 is 4.74 Å². The Morgan fingerprint density at radius 3 is 2.43 bits per heavy atom. The van der Waals surface area contributed by atoms with Crippen LogP contribution in [0.25, 0.3) is 0 Å². The summed E-state index contributed by atoms with van der Waals surface area (Å²) in [4.78, 5) is 2.50. The molecule has 1 saturated heterocycles. The van der Waals surface area contributed by atoms with Crippen molar-refractivity contribution in [2.75, 3.05) is 39.4 Å². The van der Waals surface area contributed by atoms with E-state index in [0.717, 1.165) is 39.4 Å². The first-order valence-electron chi connectivity index (χ1n) is 5.77. The minimum Gasteiger partial charge on any atom is -0.379 e. The highest BCUT2D eigenvalue weighted by molar-refractivity contribution is 4.75. The van der Waals surface area contributed by atoms with Crippen molar-refractivity contribution in [3.63, 3.8) is 0 Å². The van der Waals surface area contributed by atoms with Crippen LogP contribution in [0.1, 0.15) is 20.8 Å². The van der Waals surface area contributed by atoms with Gasteiger partial charge in [0.05, 0.1) is 13.2 Å². The summed E-state index contributed by atoms with van der Waals surface area (Å²) in [6, 6.07) is 0.623. The van der Waals surface area contributed by atoms with Gasteiger partial charge in [0.1, 0.15) is 0 Å². The van der Waals surface area contributed by atoms with E-state index >= 15 is 0 Å². The van der Waals surface area contributed by atoms with E-state index in [9.17, 15) is 0 Å². The summed E-state index contributed by atoms with van der Waals surface area (Å²) >= 11 is 0. The van der Waals surface area contributed by atoms with Crippen molar-refractivity contribution in [2.24, 2.45) is 5.92 Å². The Morgan fingerprint density at radius 1 is 1.29 bits per heavy atom. The molecule has 3 nitrogen and oxygen atoms in total.